The summed E-state index contributed by atoms with van der Waals surface area (Å²) in [7, 11) is -3.59. The number of anilines is 2. The molecule has 2 heterocycles. The van der Waals surface area contributed by atoms with Crippen LogP contribution in [0, 0.1) is 0 Å². The number of carbonyl (C=O) groups is 1. The molecule has 0 spiro atoms. The Bertz CT molecular complexity index is 991. The second-order valence-corrected chi connectivity index (χ2v) is 14.1. The van der Waals surface area contributed by atoms with Gasteiger partial charge in [-0.1, -0.05) is 46.7 Å². The van der Waals surface area contributed by atoms with E-state index in [0.717, 1.165) is 5.69 Å². The highest BCUT2D eigenvalue weighted by atomic mass is 32.2. The topological polar surface area (TPSA) is 128 Å². The van der Waals surface area contributed by atoms with E-state index in [1.165, 1.54) is 25.2 Å². The van der Waals surface area contributed by atoms with E-state index in [2.05, 4.69) is 36.2 Å². The smallest absolute Gasteiger partial charge is 0.246 e. The molecule has 10 heteroatoms. The number of sulfone groups is 1. The Morgan fingerprint density at radius 2 is 1.65 bits per heavy atom. The fourth-order valence-electron chi connectivity index (χ4n) is 2.30. The molecule has 31 heavy (non-hydrogen) atoms. The highest BCUT2D eigenvalue weighted by Gasteiger charge is 2.43. The summed E-state index contributed by atoms with van der Waals surface area (Å²) < 4.78 is 28.1. The average molecular weight is 473 g/mol. The molecule has 0 saturated carbocycles. The molecule has 0 aromatic carbocycles. The lowest BCUT2D eigenvalue weighted by atomic mass is 9.93. The summed E-state index contributed by atoms with van der Waals surface area (Å²) >= 11 is 1.50. The first-order chi connectivity index (χ1) is 13.8. The normalized spacial score (nSPS) is 13.0. The van der Waals surface area contributed by atoms with Crippen LogP contribution in [-0.2, 0) is 25.5 Å². The summed E-state index contributed by atoms with van der Waals surface area (Å²) in [6, 6.07) is 1.61. The monoisotopic (exact) mass is 472 g/mol. The van der Waals surface area contributed by atoms with E-state index >= 15 is 0 Å². The van der Waals surface area contributed by atoms with Crippen molar-refractivity contribution in [3.05, 3.63) is 22.9 Å². The molecule has 1 amide bonds. The maximum absolute atomic E-state index is 12.3. The van der Waals surface area contributed by atoms with Crippen LogP contribution in [0.3, 0.4) is 0 Å². The summed E-state index contributed by atoms with van der Waals surface area (Å²) in [5.74, 6) is 0.212. The van der Waals surface area contributed by atoms with E-state index in [9.17, 15) is 13.2 Å². The fraction of sp³-hybridized carbons (Fsp3) is 0.667. The molecule has 0 aliphatic carbocycles. The Morgan fingerprint density at radius 3 is 1.97 bits per heavy atom. The molecule has 0 bridgehead atoms. The number of nitrogen functional groups attached to an aromatic ring is 1. The van der Waals surface area contributed by atoms with Gasteiger partial charge in [0.2, 0.25) is 5.91 Å². The van der Waals surface area contributed by atoms with E-state index in [0.29, 0.717) is 10.9 Å². The van der Waals surface area contributed by atoms with Crippen molar-refractivity contribution in [1.29, 1.82) is 0 Å². The predicted molar refractivity (Wildman–Crippen MR) is 127 cm³/mol. The predicted octanol–water partition coefficient (Wildman–Crippen LogP) is 4.54. The van der Waals surface area contributed by atoms with E-state index < -0.39 is 25.7 Å². The number of nitrogens with zero attached hydrogens (tertiary/aromatic N) is 2. The van der Waals surface area contributed by atoms with Gasteiger partial charge in [-0.25, -0.2) is 13.4 Å². The van der Waals surface area contributed by atoms with Gasteiger partial charge in [-0.3, -0.25) is 4.79 Å². The van der Waals surface area contributed by atoms with Gasteiger partial charge < -0.3 is 15.6 Å². The van der Waals surface area contributed by atoms with Crippen molar-refractivity contribution in [3.8, 4) is 0 Å². The van der Waals surface area contributed by atoms with Crippen LogP contribution < -0.4 is 11.1 Å². The van der Waals surface area contributed by atoms with Gasteiger partial charge in [-0.2, -0.15) is 0 Å². The maximum Gasteiger partial charge on any atom is 0.246 e. The molecule has 0 aliphatic heterocycles. The summed E-state index contributed by atoms with van der Waals surface area (Å²) in [4.78, 5) is 16.5. The number of nitrogens with one attached hydrogen (secondary N) is 1. The molecule has 3 N–H and O–H groups in total. The molecule has 0 unspecified atom stereocenters. The number of hydrogen-bond acceptors (Lipinski definition) is 8. The molecule has 2 aromatic heterocycles. The molecule has 2 aromatic rings. The molecule has 176 valence electrons. The van der Waals surface area contributed by atoms with E-state index in [1.54, 1.807) is 19.9 Å². The van der Waals surface area contributed by atoms with E-state index in [4.69, 9.17) is 10.3 Å². The third-order valence-corrected chi connectivity index (χ3v) is 8.18. The van der Waals surface area contributed by atoms with E-state index in [1.807, 2.05) is 26.2 Å². The van der Waals surface area contributed by atoms with Gasteiger partial charge in [0.05, 0.1) is 10.9 Å². The summed E-state index contributed by atoms with van der Waals surface area (Å²) in [5.41, 5.74) is 6.45. The SMILES string of the molecule is CC(C)(C)c1csc(N)n1.CC(C)S(=O)(=O)C(C)(C)C(=O)Nc1cc(C(C)(C)C)on1. The Kier molecular flexibility index (Phi) is 8.11. The van der Waals surface area contributed by atoms with Crippen molar-refractivity contribution >= 4 is 38.0 Å². The van der Waals surface area contributed by atoms with Gasteiger partial charge >= 0.3 is 0 Å². The Labute approximate surface area is 189 Å². The standard InChI is InChI=1S/C14H24N2O4S.C7H12N2S/c1-9(2)21(18,19)14(6,7)12(17)15-11-8-10(20-16-11)13(3,4)5;1-7(2,3)5-4-10-6(8)9-5/h8-9H,1-7H3,(H,15,16,17);4H,1-3H3,(H2,8,9). The van der Waals surface area contributed by atoms with Crippen molar-refractivity contribution in [2.45, 2.75) is 90.1 Å². The third kappa shape index (κ3) is 6.77. The van der Waals surface area contributed by atoms with Crippen LogP contribution in [0.4, 0.5) is 10.9 Å². The minimum atomic E-state index is -3.59. The minimum absolute atomic E-state index is 0.133. The Morgan fingerprint density at radius 1 is 1.10 bits per heavy atom. The molecule has 0 saturated heterocycles. The Hall–Kier alpha value is -1.94. The molecule has 2 rings (SSSR count). The number of aromatic nitrogens is 2. The van der Waals surface area contributed by atoms with Crippen molar-refractivity contribution in [2.75, 3.05) is 11.1 Å². The maximum atomic E-state index is 12.3. The van der Waals surface area contributed by atoms with Crippen LogP contribution in [0.5, 0.6) is 0 Å². The quantitative estimate of drug-likeness (QED) is 0.668. The molecule has 0 radical (unpaired) electrons. The highest BCUT2D eigenvalue weighted by molar-refractivity contribution is 7.94. The summed E-state index contributed by atoms with van der Waals surface area (Å²) in [6.45, 7) is 18.1. The zero-order chi connectivity index (χ0) is 24.4. The lowest BCUT2D eigenvalue weighted by Crippen LogP contribution is -2.47. The van der Waals surface area contributed by atoms with Gasteiger partial charge in [-0.15, -0.1) is 11.3 Å². The lowest BCUT2D eigenvalue weighted by molar-refractivity contribution is -0.117. The Balaban J connectivity index is 0.000000399. The number of amides is 1. The van der Waals surface area contributed by atoms with Crippen LogP contribution in [-0.4, -0.2) is 34.5 Å². The first-order valence-corrected chi connectivity index (χ1v) is 12.5. The van der Waals surface area contributed by atoms with Crippen LogP contribution in [0.1, 0.15) is 80.7 Å². The average Bonchev–Trinajstić information content (AvgIpc) is 3.23. The minimum Gasteiger partial charge on any atom is -0.375 e. The van der Waals surface area contributed by atoms with Crippen LogP contribution in [0.15, 0.2) is 16.0 Å². The highest BCUT2D eigenvalue weighted by Crippen LogP contribution is 2.27. The van der Waals surface area contributed by atoms with Gasteiger partial charge in [0, 0.05) is 22.3 Å². The van der Waals surface area contributed by atoms with Crippen molar-refractivity contribution in [1.82, 2.24) is 10.1 Å². The number of nitrogens with two attached hydrogens (primary N) is 1. The lowest BCUT2D eigenvalue weighted by Gasteiger charge is -2.25. The summed E-state index contributed by atoms with van der Waals surface area (Å²) in [6.07, 6.45) is 0. The van der Waals surface area contributed by atoms with Crippen LogP contribution >= 0.6 is 11.3 Å². The first kappa shape index (κ1) is 27.1. The molecule has 0 aliphatic rings. The second-order valence-electron chi connectivity index (χ2n) is 10.2. The summed E-state index contributed by atoms with van der Waals surface area (Å²) in [5, 5.41) is 8.30. The number of carbonyl (C=O) groups excluding carboxylic acids is 1. The zero-order valence-corrected chi connectivity index (χ0v) is 21.8. The molecule has 8 nitrogen and oxygen atoms in total. The molecule has 0 fully saturated rings. The fourth-order valence-corrected chi connectivity index (χ4v) is 4.58. The van der Waals surface area contributed by atoms with Gasteiger partial charge in [0.1, 0.15) is 10.5 Å². The van der Waals surface area contributed by atoms with Crippen molar-refractivity contribution in [2.24, 2.45) is 0 Å². The van der Waals surface area contributed by atoms with Crippen LogP contribution in [0.2, 0.25) is 0 Å². The van der Waals surface area contributed by atoms with Crippen molar-refractivity contribution in [3.63, 3.8) is 0 Å². The largest absolute Gasteiger partial charge is 0.375 e. The molecular formula is C21H36N4O4S2. The third-order valence-electron chi connectivity index (χ3n) is 4.66. The van der Waals surface area contributed by atoms with Crippen LogP contribution in [0.25, 0.3) is 0 Å². The number of thiazole rings is 1. The number of hydrogen-bond donors (Lipinski definition) is 2. The first-order valence-electron chi connectivity index (χ1n) is 10.0. The molecular weight excluding hydrogens is 436 g/mol. The van der Waals surface area contributed by atoms with Gasteiger partial charge in [0.25, 0.3) is 0 Å². The van der Waals surface area contributed by atoms with Gasteiger partial charge in [0.15, 0.2) is 20.8 Å². The van der Waals surface area contributed by atoms with Crippen molar-refractivity contribution < 1.29 is 17.7 Å². The molecule has 0 atom stereocenters. The van der Waals surface area contributed by atoms with Gasteiger partial charge in [-0.05, 0) is 27.7 Å². The second kappa shape index (κ2) is 9.28. The van der Waals surface area contributed by atoms with E-state index in [-0.39, 0.29) is 16.6 Å². The number of rotatable bonds is 4. The zero-order valence-electron chi connectivity index (χ0n) is 20.2.